The second-order valence-electron chi connectivity index (χ2n) is 7.74. The van der Waals surface area contributed by atoms with E-state index in [2.05, 4.69) is 12.0 Å². The number of rotatable bonds is 4. The van der Waals surface area contributed by atoms with E-state index in [1.165, 1.54) is 26.6 Å². The largest absolute Gasteiger partial charge is 0.467 e. The van der Waals surface area contributed by atoms with Crippen LogP contribution >= 0.6 is 11.3 Å². The summed E-state index contributed by atoms with van der Waals surface area (Å²) < 4.78 is 9.83. The molecule has 1 amide bonds. The Morgan fingerprint density at radius 1 is 1.27 bits per heavy atom. The summed E-state index contributed by atoms with van der Waals surface area (Å²) in [6.45, 7) is 3.58. The molecule has 4 aromatic heterocycles. The lowest BCUT2D eigenvalue weighted by Crippen LogP contribution is -2.41. The number of likely N-dealkylation sites (tertiary alicyclic amines) is 1. The summed E-state index contributed by atoms with van der Waals surface area (Å²) in [5, 5.41) is 6.15. The van der Waals surface area contributed by atoms with Gasteiger partial charge in [0.15, 0.2) is 0 Å². The Morgan fingerprint density at radius 2 is 2.07 bits per heavy atom. The van der Waals surface area contributed by atoms with E-state index in [9.17, 15) is 14.4 Å². The number of nitrogens with zero attached hydrogens (tertiary/aromatic N) is 5. The monoisotopic (exact) mass is 427 g/mol. The van der Waals surface area contributed by atoms with Gasteiger partial charge in [-0.2, -0.15) is 0 Å². The van der Waals surface area contributed by atoms with Crippen LogP contribution in [0.2, 0.25) is 0 Å². The topological polar surface area (TPSA) is 94.8 Å². The predicted molar refractivity (Wildman–Crippen MR) is 112 cm³/mol. The highest BCUT2D eigenvalue weighted by atomic mass is 32.1. The van der Waals surface area contributed by atoms with Gasteiger partial charge in [0.1, 0.15) is 17.0 Å². The van der Waals surface area contributed by atoms with Crippen LogP contribution in [0.3, 0.4) is 0 Å². The number of hydrogen-bond donors (Lipinski definition) is 0. The summed E-state index contributed by atoms with van der Waals surface area (Å²) in [5.41, 5.74) is -0.163. The van der Waals surface area contributed by atoms with Crippen molar-refractivity contribution in [2.75, 3.05) is 13.1 Å². The van der Waals surface area contributed by atoms with Gasteiger partial charge in [-0.15, -0.1) is 16.4 Å². The zero-order valence-corrected chi connectivity index (χ0v) is 17.3. The third-order valence-electron chi connectivity index (χ3n) is 5.70. The average molecular weight is 427 g/mol. The molecule has 30 heavy (non-hydrogen) atoms. The van der Waals surface area contributed by atoms with Gasteiger partial charge in [-0.25, -0.2) is 13.9 Å². The van der Waals surface area contributed by atoms with E-state index in [0.717, 1.165) is 17.5 Å². The van der Waals surface area contributed by atoms with Gasteiger partial charge in [-0.3, -0.25) is 14.2 Å². The highest BCUT2D eigenvalue weighted by molar-refractivity contribution is 7.17. The van der Waals surface area contributed by atoms with E-state index in [1.807, 2.05) is 0 Å². The van der Waals surface area contributed by atoms with E-state index in [-0.39, 0.29) is 30.3 Å². The highest BCUT2D eigenvalue weighted by Gasteiger charge is 2.24. The van der Waals surface area contributed by atoms with Crippen molar-refractivity contribution in [1.82, 2.24) is 23.6 Å². The van der Waals surface area contributed by atoms with Crippen molar-refractivity contribution < 1.29 is 9.21 Å². The molecule has 0 aliphatic carbocycles. The van der Waals surface area contributed by atoms with E-state index in [4.69, 9.17) is 4.42 Å². The van der Waals surface area contributed by atoms with Crippen LogP contribution in [0.4, 0.5) is 0 Å². The minimum Gasteiger partial charge on any atom is -0.467 e. The first-order valence-electron chi connectivity index (χ1n) is 9.92. The molecule has 0 radical (unpaired) electrons. The van der Waals surface area contributed by atoms with E-state index >= 15 is 0 Å². The smallest absolute Gasteiger partial charge is 0.352 e. The standard InChI is InChI=1S/C20H21N5O4S/c1-13-4-7-22(8-5-13)16(26)12-24-20(28)25-15-6-10-30-17(15)18(27)23(19(25)21-24)11-14-3-2-9-29-14/h2-3,6,9-10,13H,4-5,7-8,11-12H2,1H3. The van der Waals surface area contributed by atoms with Crippen LogP contribution in [0.25, 0.3) is 16.0 Å². The van der Waals surface area contributed by atoms with Crippen molar-refractivity contribution in [3.63, 3.8) is 0 Å². The molecule has 4 aromatic rings. The molecule has 5 rings (SSSR count). The summed E-state index contributed by atoms with van der Waals surface area (Å²) in [4.78, 5) is 40.7. The molecular weight excluding hydrogens is 406 g/mol. The molecule has 0 bridgehead atoms. The number of hydrogen-bond acceptors (Lipinski definition) is 6. The number of aromatic nitrogens is 4. The molecule has 1 aliphatic rings. The average Bonchev–Trinajstić information content (AvgIpc) is 3.47. The van der Waals surface area contributed by atoms with Crippen LogP contribution in [0.15, 0.2) is 43.8 Å². The molecule has 0 saturated carbocycles. The number of furan rings is 1. The Kier molecular flexibility index (Phi) is 4.58. The summed E-state index contributed by atoms with van der Waals surface area (Å²) >= 11 is 1.27. The summed E-state index contributed by atoms with van der Waals surface area (Å²) in [5.74, 6) is 1.26. The molecule has 0 aromatic carbocycles. The Bertz CT molecular complexity index is 1340. The normalized spacial score (nSPS) is 15.4. The van der Waals surface area contributed by atoms with Gasteiger partial charge in [-0.1, -0.05) is 6.92 Å². The van der Waals surface area contributed by atoms with Crippen molar-refractivity contribution >= 4 is 33.2 Å². The molecule has 1 fully saturated rings. The first-order valence-corrected chi connectivity index (χ1v) is 10.8. The maximum Gasteiger partial charge on any atom is 0.352 e. The Morgan fingerprint density at radius 3 is 2.80 bits per heavy atom. The Labute approximate surface area is 174 Å². The molecule has 10 heteroatoms. The molecule has 1 aliphatic heterocycles. The lowest BCUT2D eigenvalue weighted by atomic mass is 9.99. The van der Waals surface area contributed by atoms with Crippen LogP contribution in [0.1, 0.15) is 25.5 Å². The van der Waals surface area contributed by atoms with Crippen LogP contribution in [-0.2, 0) is 17.9 Å². The molecule has 0 spiro atoms. The Balaban J connectivity index is 1.59. The maximum absolute atomic E-state index is 13.1. The highest BCUT2D eigenvalue weighted by Crippen LogP contribution is 2.19. The fourth-order valence-electron chi connectivity index (χ4n) is 3.92. The molecule has 5 heterocycles. The number of amides is 1. The minimum atomic E-state index is -0.430. The van der Waals surface area contributed by atoms with Crippen molar-refractivity contribution in [3.05, 3.63) is 56.4 Å². The molecular formula is C20H21N5O4S. The molecule has 0 atom stereocenters. The third-order valence-corrected chi connectivity index (χ3v) is 6.60. The number of carbonyl (C=O) groups is 1. The lowest BCUT2D eigenvalue weighted by Gasteiger charge is -2.30. The van der Waals surface area contributed by atoms with Crippen LogP contribution in [-0.4, -0.2) is 42.6 Å². The fourth-order valence-corrected chi connectivity index (χ4v) is 4.75. The van der Waals surface area contributed by atoms with Crippen molar-refractivity contribution in [2.24, 2.45) is 5.92 Å². The zero-order valence-electron chi connectivity index (χ0n) is 16.5. The third kappa shape index (κ3) is 3.07. The lowest BCUT2D eigenvalue weighted by molar-refractivity contribution is -0.133. The fraction of sp³-hybridized carbons (Fsp3) is 0.400. The molecule has 156 valence electrons. The zero-order chi connectivity index (χ0) is 20.8. The van der Waals surface area contributed by atoms with Crippen LogP contribution in [0.5, 0.6) is 0 Å². The van der Waals surface area contributed by atoms with Gasteiger partial charge in [0.25, 0.3) is 5.56 Å². The van der Waals surface area contributed by atoms with Crippen LogP contribution in [0, 0.1) is 5.92 Å². The van der Waals surface area contributed by atoms with Gasteiger partial charge in [-0.05, 0) is 42.3 Å². The van der Waals surface area contributed by atoms with Crippen molar-refractivity contribution in [1.29, 1.82) is 0 Å². The predicted octanol–water partition coefficient (Wildman–Crippen LogP) is 1.77. The molecule has 0 N–H and O–H groups in total. The van der Waals surface area contributed by atoms with Gasteiger partial charge < -0.3 is 9.32 Å². The molecule has 0 unspecified atom stereocenters. The number of thiophene rings is 1. The van der Waals surface area contributed by atoms with Gasteiger partial charge >= 0.3 is 5.69 Å². The second kappa shape index (κ2) is 7.28. The summed E-state index contributed by atoms with van der Waals surface area (Å²) in [6, 6.07) is 5.23. The number of fused-ring (bicyclic) bond motifs is 3. The van der Waals surface area contributed by atoms with Crippen LogP contribution < -0.4 is 11.2 Å². The van der Waals surface area contributed by atoms with E-state index in [0.29, 0.717) is 35.0 Å². The SMILES string of the molecule is CC1CCN(C(=O)Cn2nc3n(Cc4ccco4)c(=O)c4sccc4n3c2=O)CC1. The van der Waals surface area contributed by atoms with E-state index in [1.54, 1.807) is 28.5 Å². The first-order chi connectivity index (χ1) is 14.5. The summed E-state index contributed by atoms with van der Waals surface area (Å²) in [7, 11) is 0. The van der Waals surface area contributed by atoms with Crippen molar-refractivity contribution in [3.8, 4) is 0 Å². The molecule has 1 saturated heterocycles. The van der Waals surface area contributed by atoms with Gasteiger partial charge in [0.2, 0.25) is 11.7 Å². The first kappa shape index (κ1) is 18.9. The Hall–Kier alpha value is -3.14. The van der Waals surface area contributed by atoms with Crippen molar-refractivity contribution in [2.45, 2.75) is 32.9 Å². The second-order valence-corrected chi connectivity index (χ2v) is 8.66. The van der Waals surface area contributed by atoms with Gasteiger partial charge in [0, 0.05) is 13.1 Å². The maximum atomic E-state index is 13.1. The molecule has 9 nitrogen and oxygen atoms in total. The number of piperidine rings is 1. The van der Waals surface area contributed by atoms with E-state index < -0.39 is 5.69 Å². The number of carbonyl (C=O) groups excluding carboxylic acids is 1. The minimum absolute atomic E-state index is 0.131. The van der Waals surface area contributed by atoms with Gasteiger partial charge in [0.05, 0.1) is 18.3 Å². The summed E-state index contributed by atoms with van der Waals surface area (Å²) in [6.07, 6.45) is 3.46. The quantitative estimate of drug-likeness (QED) is 0.495.